The molecular weight excluding hydrogens is 584 g/mol. The molecule has 1 unspecified atom stereocenters. The van der Waals surface area contributed by atoms with Gasteiger partial charge in [-0.25, -0.2) is 18.5 Å². The molecule has 43 heavy (non-hydrogen) atoms. The number of aliphatic hydroxyl groups is 2. The molecule has 0 radical (unpaired) electrons. The fourth-order valence-electron chi connectivity index (χ4n) is 4.67. The highest BCUT2D eigenvalue weighted by Crippen LogP contribution is 2.50. The highest BCUT2D eigenvalue weighted by atomic mass is 31.2. The van der Waals surface area contributed by atoms with Crippen molar-refractivity contribution >= 4 is 19.2 Å². The first-order valence-corrected chi connectivity index (χ1v) is 15.4. The molecule has 3 heterocycles. The zero-order valence-corrected chi connectivity index (χ0v) is 25.1. The van der Waals surface area contributed by atoms with Gasteiger partial charge in [0.2, 0.25) is 5.60 Å². The fourth-order valence-corrected chi connectivity index (χ4v) is 6.18. The van der Waals surface area contributed by atoms with Crippen molar-refractivity contribution in [3.05, 3.63) is 60.2 Å². The second-order valence-electron chi connectivity index (χ2n) is 10.3. The van der Waals surface area contributed by atoms with Crippen LogP contribution in [0.5, 0.6) is 5.75 Å². The fraction of sp³-hybridized carbons (Fsp3) is 0.500. The first-order chi connectivity index (χ1) is 20.4. The van der Waals surface area contributed by atoms with Gasteiger partial charge in [0.1, 0.15) is 43.0 Å². The van der Waals surface area contributed by atoms with E-state index in [1.54, 1.807) is 37.3 Å². The normalized spacial score (nSPS) is 25.7. The number of hydrogen-bond donors (Lipinski definition) is 3. The van der Waals surface area contributed by atoms with Crippen LogP contribution in [0.4, 0.5) is 4.39 Å². The number of rotatable bonds is 13. The van der Waals surface area contributed by atoms with E-state index in [0.29, 0.717) is 11.2 Å². The predicted octanol–water partition coefficient (Wildman–Crippen LogP) is 3.34. The number of aryl methyl sites for hydroxylation is 1. The molecule has 2 aromatic heterocycles. The second kappa shape index (κ2) is 13.1. The van der Waals surface area contributed by atoms with Gasteiger partial charge in [0.25, 0.3) is 5.85 Å². The molecule has 0 aliphatic carbocycles. The Hall–Kier alpha value is -3.44. The van der Waals surface area contributed by atoms with Crippen LogP contribution in [0.15, 0.2) is 48.8 Å². The predicted molar refractivity (Wildman–Crippen MR) is 150 cm³/mol. The molecule has 13 nitrogen and oxygen atoms in total. The van der Waals surface area contributed by atoms with Crippen molar-refractivity contribution in [2.75, 3.05) is 13.2 Å². The Morgan fingerprint density at radius 1 is 1.23 bits per heavy atom. The number of carbonyl (C=O) groups excluding carboxylic acids is 1. The summed E-state index contributed by atoms with van der Waals surface area (Å²) in [6, 6.07) is 11.3. The molecule has 0 amide bonds. The molecule has 15 heteroatoms. The molecule has 1 aromatic carbocycles. The zero-order valence-electron chi connectivity index (χ0n) is 24.2. The van der Waals surface area contributed by atoms with Gasteiger partial charge < -0.3 is 24.2 Å². The van der Waals surface area contributed by atoms with Gasteiger partial charge in [-0.15, -0.1) is 0 Å². The summed E-state index contributed by atoms with van der Waals surface area (Å²) >= 11 is 0. The largest absolute Gasteiger partial charge is 0.464 e. The lowest BCUT2D eigenvalue weighted by atomic mass is 9.92. The van der Waals surface area contributed by atoms with Crippen molar-refractivity contribution in [3.8, 4) is 11.8 Å². The number of fused-ring (bicyclic) bond motifs is 1. The topological polar surface area (TPSA) is 178 Å². The standard InChI is InChI=1S/C28H35FN5O8P/c1-5-20(6-2)14-39-26(37)19(4)33-43(38,41-21-10-8-7-9-11-21)40-16-28(29)25(36)24(35)27(15-30,42-28)23-13-12-22-18(3)31-17-32-34(22)23/h7-13,17,19-20,24-25,35-36H,5-6,14,16H2,1-4H3,(H,33,38)/t19-,24-,25+,27+,28-,43?/m1/s1. The molecule has 3 N–H and O–H groups in total. The van der Waals surface area contributed by atoms with E-state index in [-0.39, 0.29) is 24.0 Å². The van der Waals surface area contributed by atoms with E-state index in [1.165, 1.54) is 36.0 Å². The number of ether oxygens (including phenoxy) is 2. The van der Waals surface area contributed by atoms with Crippen molar-refractivity contribution in [1.29, 1.82) is 5.26 Å². The first kappa shape index (κ1) is 32.5. The maximum Gasteiger partial charge on any atom is 0.459 e. The number of esters is 1. The molecule has 0 saturated carbocycles. The highest BCUT2D eigenvalue weighted by molar-refractivity contribution is 7.52. The Morgan fingerprint density at radius 3 is 2.58 bits per heavy atom. The molecule has 3 aromatic rings. The summed E-state index contributed by atoms with van der Waals surface area (Å²) in [4.78, 5) is 16.7. The molecule has 1 aliphatic heterocycles. The number of hydrogen-bond acceptors (Lipinski definition) is 11. The monoisotopic (exact) mass is 619 g/mol. The zero-order chi connectivity index (χ0) is 31.4. The molecule has 1 aliphatic rings. The van der Waals surface area contributed by atoms with E-state index in [1.807, 2.05) is 13.8 Å². The smallest absolute Gasteiger partial charge is 0.459 e. The SMILES string of the molecule is CCC(CC)COC(=O)[C@@H](C)NP(=O)(OC[C@@]1(F)O[C@@](C#N)(c2ccc3c(C)ncnn23)[C@H](O)[C@@H]1O)Oc1ccccc1. The van der Waals surface area contributed by atoms with E-state index in [4.69, 9.17) is 18.5 Å². The lowest BCUT2D eigenvalue weighted by Gasteiger charge is -2.28. The van der Waals surface area contributed by atoms with Gasteiger partial charge in [-0.1, -0.05) is 44.9 Å². The molecule has 6 atom stereocenters. The number of nitrogens with zero attached hydrogens (tertiary/aromatic N) is 4. The summed E-state index contributed by atoms with van der Waals surface area (Å²) in [6.07, 6.45) is -1.63. The van der Waals surface area contributed by atoms with Crippen LogP contribution in [0.2, 0.25) is 0 Å². The third kappa shape index (κ3) is 6.57. The number of nitrogens with one attached hydrogen (secondary N) is 1. The van der Waals surface area contributed by atoms with Crippen LogP contribution < -0.4 is 9.61 Å². The van der Waals surface area contributed by atoms with Crippen LogP contribution in [0, 0.1) is 24.2 Å². The number of alkyl halides is 1. The average molecular weight is 620 g/mol. The van der Waals surface area contributed by atoms with Crippen molar-refractivity contribution < 1.29 is 42.5 Å². The Bertz CT molecular complexity index is 1520. The van der Waals surface area contributed by atoms with Crippen molar-refractivity contribution in [2.45, 2.75) is 70.2 Å². The highest BCUT2D eigenvalue weighted by Gasteiger charge is 2.66. The summed E-state index contributed by atoms with van der Waals surface area (Å²) in [7, 11) is -4.58. The van der Waals surface area contributed by atoms with E-state index in [2.05, 4.69) is 15.2 Å². The van der Waals surface area contributed by atoms with Gasteiger partial charge >= 0.3 is 13.7 Å². The maximum atomic E-state index is 16.3. The van der Waals surface area contributed by atoms with Crippen LogP contribution in [0.25, 0.3) is 5.52 Å². The Balaban J connectivity index is 1.58. The maximum absolute atomic E-state index is 16.3. The molecule has 1 saturated heterocycles. The molecule has 0 spiro atoms. The summed E-state index contributed by atoms with van der Waals surface area (Å²) in [5.74, 6) is -3.78. The van der Waals surface area contributed by atoms with Crippen LogP contribution in [0.1, 0.15) is 45.0 Å². The minimum Gasteiger partial charge on any atom is -0.464 e. The van der Waals surface area contributed by atoms with Crippen molar-refractivity contribution in [1.82, 2.24) is 19.7 Å². The van der Waals surface area contributed by atoms with Crippen LogP contribution in [-0.2, 0) is 29.0 Å². The molecular formula is C28H35FN5O8P. The lowest BCUT2D eigenvalue weighted by molar-refractivity contribution is -0.208. The number of para-hydroxylation sites is 1. The van der Waals surface area contributed by atoms with E-state index in [9.17, 15) is 24.8 Å². The summed E-state index contributed by atoms with van der Waals surface area (Å²) in [5, 5.41) is 38.4. The van der Waals surface area contributed by atoms with Crippen LogP contribution in [0.3, 0.4) is 0 Å². The third-order valence-electron chi connectivity index (χ3n) is 7.40. The lowest BCUT2D eigenvalue weighted by Crippen LogP contribution is -2.44. The average Bonchev–Trinajstić information content (AvgIpc) is 3.52. The molecule has 4 rings (SSSR count). The van der Waals surface area contributed by atoms with Gasteiger partial charge in [-0.05, 0) is 44.0 Å². The number of halogens is 1. The van der Waals surface area contributed by atoms with E-state index >= 15 is 4.39 Å². The van der Waals surface area contributed by atoms with Crippen molar-refractivity contribution in [3.63, 3.8) is 0 Å². The van der Waals surface area contributed by atoms with E-state index < -0.39 is 50.0 Å². The Labute approximate surface area is 248 Å². The number of benzene rings is 1. The van der Waals surface area contributed by atoms with Crippen LogP contribution in [-0.4, -0.2) is 68.1 Å². The third-order valence-corrected chi connectivity index (χ3v) is 9.02. The minimum atomic E-state index is -4.58. The number of nitriles is 1. The van der Waals surface area contributed by atoms with E-state index in [0.717, 1.165) is 12.8 Å². The van der Waals surface area contributed by atoms with Gasteiger partial charge in [-0.2, -0.15) is 15.4 Å². The van der Waals surface area contributed by atoms with Crippen LogP contribution >= 0.6 is 7.75 Å². The molecule has 232 valence electrons. The number of aromatic nitrogens is 3. The summed E-state index contributed by atoms with van der Waals surface area (Å²) < 4.78 is 53.2. The number of aliphatic hydroxyl groups excluding tert-OH is 2. The van der Waals surface area contributed by atoms with Gasteiger partial charge in [0.05, 0.1) is 23.5 Å². The van der Waals surface area contributed by atoms with Gasteiger partial charge in [0, 0.05) is 0 Å². The van der Waals surface area contributed by atoms with Gasteiger partial charge in [-0.3, -0.25) is 9.32 Å². The summed E-state index contributed by atoms with van der Waals surface area (Å²) in [5.41, 5.74) is -1.51. The molecule has 0 bridgehead atoms. The number of carbonyl (C=O) groups is 1. The first-order valence-electron chi connectivity index (χ1n) is 13.8. The Kier molecular flexibility index (Phi) is 9.86. The quantitative estimate of drug-likeness (QED) is 0.188. The second-order valence-corrected chi connectivity index (χ2v) is 12.0. The van der Waals surface area contributed by atoms with Crippen molar-refractivity contribution in [2.24, 2.45) is 5.92 Å². The van der Waals surface area contributed by atoms with Gasteiger partial charge in [0.15, 0.2) is 0 Å². The Morgan fingerprint density at radius 2 is 1.93 bits per heavy atom. The minimum absolute atomic E-state index is 0.0674. The molecule has 1 fully saturated rings. The summed E-state index contributed by atoms with van der Waals surface area (Å²) in [6.45, 7) is 5.89.